The molecule has 1 saturated carbocycles. The van der Waals surface area contributed by atoms with Crippen molar-refractivity contribution in [3.8, 4) is 0 Å². The largest absolute Gasteiger partial charge is 0.481 e. The number of hydrogen-bond acceptors (Lipinski definition) is 5. The Morgan fingerprint density at radius 1 is 1.28 bits per heavy atom. The van der Waals surface area contributed by atoms with E-state index < -0.39 is 5.97 Å². The van der Waals surface area contributed by atoms with Crippen LogP contribution in [0.25, 0.3) is 0 Å². The molecule has 0 aromatic carbocycles. The molecule has 25 heavy (non-hydrogen) atoms. The maximum Gasteiger partial charge on any atom is 0.305 e. The lowest BCUT2D eigenvalue weighted by Gasteiger charge is -2.30. The Morgan fingerprint density at radius 2 is 2.08 bits per heavy atom. The molecule has 0 aliphatic heterocycles. The molecule has 2 aliphatic carbocycles. The fourth-order valence-corrected chi connectivity index (χ4v) is 3.91. The summed E-state index contributed by atoms with van der Waals surface area (Å²) < 4.78 is 0. The lowest BCUT2D eigenvalue weighted by Crippen LogP contribution is -2.32. The van der Waals surface area contributed by atoms with Gasteiger partial charge in [0.05, 0.1) is 25.2 Å². The van der Waals surface area contributed by atoms with Gasteiger partial charge < -0.3 is 15.3 Å². The van der Waals surface area contributed by atoms with Crippen LogP contribution in [0.2, 0.25) is 0 Å². The highest BCUT2D eigenvalue weighted by atomic mass is 16.6. The van der Waals surface area contributed by atoms with Crippen molar-refractivity contribution < 1.29 is 25.0 Å². The molecule has 0 aromatic heterocycles. The number of aliphatic hydroxyl groups is 2. The number of aliphatic hydroxyl groups excluding tert-OH is 2. The van der Waals surface area contributed by atoms with Gasteiger partial charge in [0.15, 0.2) is 0 Å². The van der Waals surface area contributed by atoms with Crippen LogP contribution in [-0.2, 0) is 9.63 Å². The van der Waals surface area contributed by atoms with Gasteiger partial charge in [-0.25, -0.2) is 0 Å². The van der Waals surface area contributed by atoms with Crippen molar-refractivity contribution in [1.82, 2.24) is 5.48 Å². The van der Waals surface area contributed by atoms with Crippen molar-refractivity contribution in [3.05, 3.63) is 11.3 Å². The summed E-state index contributed by atoms with van der Waals surface area (Å²) in [5.74, 6) is -0.462. The van der Waals surface area contributed by atoms with E-state index >= 15 is 0 Å². The summed E-state index contributed by atoms with van der Waals surface area (Å²) in [6.07, 6.45) is 8.17. The van der Waals surface area contributed by atoms with Gasteiger partial charge in [-0.2, -0.15) is 0 Å². The molecule has 6 heteroatoms. The Morgan fingerprint density at radius 3 is 2.80 bits per heavy atom. The molecule has 1 fully saturated rings. The summed E-state index contributed by atoms with van der Waals surface area (Å²) >= 11 is 0. The van der Waals surface area contributed by atoms with Crippen LogP contribution in [0.4, 0.5) is 0 Å². The van der Waals surface area contributed by atoms with Crippen molar-refractivity contribution in [3.63, 3.8) is 0 Å². The minimum atomic E-state index is -0.879. The maximum atomic E-state index is 10.4. The van der Waals surface area contributed by atoms with E-state index in [0.29, 0.717) is 0 Å². The van der Waals surface area contributed by atoms with Crippen molar-refractivity contribution in [2.75, 3.05) is 6.61 Å². The molecule has 4 N–H and O–H groups in total. The minimum absolute atomic E-state index is 0.0273. The Labute approximate surface area is 150 Å². The number of nitrogens with one attached hydrogen (secondary N) is 1. The third kappa shape index (κ3) is 5.97. The van der Waals surface area contributed by atoms with E-state index in [9.17, 15) is 15.0 Å². The lowest BCUT2D eigenvalue weighted by molar-refractivity contribution is -0.138. The van der Waals surface area contributed by atoms with E-state index in [1.165, 1.54) is 24.8 Å². The van der Waals surface area contributed by atoms with Crippen molar-refractivity contribution >= 4 is 5.97 Å². The predicted molar refractivity (Wildman–Crippen MR) is 94.6 cm³/mol. The highest BCUT2D eigenvalue weighted by Gasteiger charge is 2.45. The van der Waals surface area contributed by atoms with Gasteiger partial charge >= 0.3 is 5.97 Å². The Hall–Kier alpha value is -1.11. The number of allylic oxidation sites excluding steroid dienone is 1. The number of rotatable bonds is 13. The summed E-state index contributed by atoms with van der Waals surface area (Å²) in [4.78, 5) is 15.6. The number of carbonyl (C=O) groups is 1. The molecule has 4 unspecified atom stereocenters. The van der Waals surface area contributed by atoms with Crippen LogP contribution in [0.15, 0.2) is 11.3 Å². The number of fused-ring (bicyclic) bond motifs is 1. The van der Waals surface area contributed by atoms with Crippen LogP contribution in [-0.4, -0.2) is 40.1 Å². The van der Waals surface area contributed by atoms with E-state index in [2.05, 4.69) is 12.4 Å². The van der Waals surface area contributed by atoms with Gasteiger partial charge in [0.2, 0.25) is 0 Å². The quantitative estimate of drug-likeness (QED) is 0.299. The molecule has 0 bridgehead atoms. The zero-order valence-corrected chi connectivity index (χ0v) is 15.2. The average molecular weight is 355 g/mol. The highest BCUT2D eigenvalue weighted by molar-refractivity contribution is 5.66. The van der Waals surface area contributed by atoms with Crippen LogP contribution in [0, 0.1) is 11.8 Å². The standard InChI is InChI=1S/C19H33NO5/c1-2-3-4-5-6-14(21)8-7-13-11-15-16(19(13)24)12-17(15)20-25-10-9-18(22)23/h13-14,16,19-21,24H,2-12H2,1H3,(H,22,23). The molecule has 0 spiro atoms. The van der Waals surface area contributed by atoms with Crippen LogP contribution in [0.3, 0.4) is 0 Å². The minimum Gasteiger partial charge on any atom is -0.481 e. The smallest absolute Gasteiger partial charge is 0.305 e. The Balaban J connectivity index is 1.66. The molecule has 0 aromatic rings. The zero-order chi connectivity index (χ0) is 18.2. The van der Waals surface area contributed by atoms with Gasteiger partial charge in [-0.05, 0) is 43.6 Å². The summed E-state index contributed by atoms with van der Waals surface area (Å²) in [6.45, 7) is 2.31. The van der Waals surface area contributed by atoms with Gasteiger partial charge in [-0.15, -0.1) is 0 Å². The van der Waals surface area contributed by atoms with Gasteiger partial charge in [0, 0.05) is 11.6 Å². The second-order valence-electron chi connectivity index (χ2n) is 7.44. The molecule has 4 atom stereocenters. The SMILES string of the molecule is CCCCCCC(O)CCC1CC2=C(NOCCC(=O)O)CC2C1O. The first-order valence-electron chi connectivity index (χ1n) is 9.70. The van der Waals surface area contributed by atoms with Crippen LogP contribution in [0.1, 0.15) is 71.1 Å². The second-order valence-corrected chi connectivity index (χ2v) is 7.44. The van der Waals surface area contributed by atoms with E-state index in [0.717, 1.165) is 44.2 Å². The van der Waals surface area contributed by atoms with Gasteiger partial charge in [-0.3, -0.25) is 15.1 Å². The van der Waals surface area contributed by atoms with Crippen molar-refractivity contribution in [2.45, 2.75) is 83.3 Å². The Kier molecular flexibility index (Phi) is 8.19. The summed E-state index contributed by atoms with van der Waals surface area (Å²) in [6, 6.07) is 0. The fraction of sp³-hybridized carbons (Fsp3) is 0.842. The number of carboxylic acid groups (broad SMARTS) is 1. The summed E-state index contributed by atoms with van der Waals surface area (Å²) in [7, 11) is 0. The van der Waals surface area contributed by atoms with E-state index in [4.69, 9.17) is 9.94 Å². The molecular weight excluding hydrogens is 322 g/mol. The van der Waals surface area contributed by atoms with Crippen LogP contribution in [0.5, 0.6) is 0 Å². The molecule has 0 saturated heterocycles. The van der Waals surface area contributed by atoms with Crippen molar-refractivity contribution in [2.24, 2.45) is 11.8 Å². The Bertz CT molecular complexity index is 465. The normalized spacial score (nSPS) is 26.3. The number of unbranched alkanes of at least 4 members (excludes halogenated alkanes) is 3. The number of hydroxylamine groups is 1. The van der Waals surface area contributed by atoms with E-state index in [-0.39, 0.29) is 37.1 Å². The summed E-state index contributed by atoms with van der Waals surface area (Å²) in [5.41, 5.74) is 5.06. The first kappa shape index (κ1) is 20.2. The molecule has 6 nitrogen and oxygen atoms in total. The van der Waals surface area contributed by atoms with Gasteiger partial charge in [-0.1, -0.05) is 32.6 Å². The van der Waals surface area contributed by atoms with Gasteiger partial charge in [0.25, 0.3) is 0 Å². The van der Waals surface area contributed by atoms with Crippen LogP contribution < -0.4 is 5.48 Å². The topological polar surface area (TPSA) is 99.0 Å². The first-order valence-corrected chi connectivity index (χ1v) is 9.70. The molecular formula is C19H33NO5. The second kappa shape index (κ2) is 10.1. The predicted octanol–water partition coefficient (Wildman–Crippen LogP) is 2.75. The fourth-order valence-electron chi connectivity index (χ4n) is 3.91. The monoisotopic (exact) mass is 355 g/mol. The van der Waals surface area contributed by atoms with Crippen LogP contribution >= 0.6 is 0 Å². The van der Waals surface area contributed by atoms with E-state index in [1.807, 2.05) is 0 Å². The number of carboxylic acids is 1. The molecule has 2 rings (SSSR count). The van der Waals surface area contributed by atoms with Crippen molar-refractivity contribution in [1.29, 1.82) is 0 Å². The third-order valence-electron chi connectivity index (χ3n) is 5.51. The maximum absolute atomic E-state index is 10.4. The molecule has 2 aliphatic rings. The summed E-state index contributed by atoms with van der Waals surface area (Å²) in [5, 5.41) is 29.1. The van der Waals surface area contributed by atoms with Gasteiger partial charge in [0.1, 0.15) is 0 Å². The highest BCUT2D eigenvalue weighted by Crippen LogP contribution is 2.49. The third-order valence-corrected chi connectivity index (χ3v) is 5.51. The molecule has 0 amide bonds. The average Bonchev–Trinajstić information content (AvgIpc) is 2.80. The molecule has 0 radical (unpaired) electrons. The molecule has 144 valence electrons. The number of hydrogen-bond donors (Lipinski definition) is 4. The lowest BCUT2D eigenvalue weighted by atomic mass is 9.83. The first-order chi connectivity index (χ1) is 12.0. The molecule has 0 heterocycles. The van der Waals surface area contributed by atoms with E-state index in [1.54, 1.807) is 0 Å². The number of aliphatic carboxylic acids is 1. The zero-order valence-electron chi connectivity index (χ0n) is 15.2.